The smallest absolute Gasteiger partial charge is 0.221 e. The quantitative estimate of drug-likeness (QED) is 0.452. The Kier molecular flexibility index (Phi) is 5.37. The van der Waals surface area contributed by atoms with E-state index in [2.05, 4.69) is 33.9 Å². The first-order valence-electron chi connectivity index (χ1n) is 7.68. The van der Waals surface area contributed by atoms with Gasteiger partial charge in [-0.2, -0.15) is 0 Å². The summed E-state index contributed by atoms with van der Waals surface area (Å²) < 4.78 is 6.16. The van der Waals surface area contributed by atoms with Crippen molar-refractivity contribution in [2.75, 3.05) is 6.61 Å². The van der Waals surface area contributed by atoms with E-state index < -0.39 is 14.4 Å². The zero-order valence-electron chi connectivity index (χ0n) is 14.3. The van der Waals surface area contributed by atoms with E-state index in [-0.39, 0.29) is 33.5 Å². The van der Waals surface area contributed by atoms with Crippen LogP contribution in [0, 0.1) is 27.9 Å². The third kappa shape index (κ3) is 3.91. The number of hydrogen-bond donors (Lipinski definition) is 0. The Bertz CT molecular complexity index is 416. The van der Waals surface area contributed by atoms with Crippen LogP contribution in [-0.4, -0.2) is 31.7 Å². The molecule has 21 heavy (non-hydrogen) atoms. The Morgan fingerprint density at radius 1 is 1.33 bits per heavy atom. The van der Waals surface area contributed by atoms with Crippen LogP contribution in [0.3, 0.4) is 0 Å². The highest BCUT2D eigenvalue weighted by Gasteiger charge is 2.48. The van der Waals surface area contributed by atoms with Crippen molar-refractivity contribution in [1.82, 2.24) is 0 Å². The summed E-state index contributed by atoms with van der Waals surface area (Å²) in [5.41, 5.74) is 0. The molecule has 0 unspecified atom stereocenters. The summed E-state index contributed by atoms with van der Waals surface area (Å²) in [6, 6.07) is -0.678. The van der Waals surface area contributed by atoms with Crippen LogP contribution in [0.2, 0.25) is 18.1 Å². The topological polar surface area (TPSA) is 69.4 Å². The molecule has 0 spiro atoms. The molecule has 5 nitrogen and oxygen atoms in total. The molecule has 0 radical (unpaired) electrons. The van der Waals surface area contributed by atoms with Gasteiger partial charge in [0.2, 0.25) is 6.04 Å². The first-order chi connectivity index (χ1) is 9.38. The van der Waals surface area contributed by atoms with E-state index in [1.165, 1.54) is 0 Å². The van der Waals surface area contributed by atoms with E-state index in [1.807, 2.05) is 6.92 Å². The summed E-state index contributed by atoms with van der Waals surface area (Å²) in [5.74, 6) is -0.687. The average Bonchev–Trinajstić information content (AvgIpc) is 2.29. The molecule has 4 atom stereocenters. The van der Waals surface area contributed by atoms with Crippen molar-refractivity contribution < 1.29 is 14.1 Å². The molecule has 6 heteroatoms. The van der Waals surface area contributed by atoms with Crippen LogP contribution in [0.25, 0.3) is 0 Å². The number of nitrogens with zero attached hydrogens (tertiary/aromatic N) is 1. The van der Waals surface area contributed by atoms with Gasteiger partial charge in [0.1, 0.15) is 5.78 Å². The van der Waals surface area contributed by atoms with Gasteiger partial charge in [-0.1, -0.05) is 34.6 Å². The van der Waals surface area contributed by atoms with Crippen molar-refractivity contribution in [1.29, 1.82) is 0 Å². The van der Waals surface area contributed by atoms with Gasteiger partial charge in [0, 0.05) is 29.8 Å². The maximum atomic E-state index is 12.0. The van der Waals surface area contributed by atoms with Gasteiger partial charge in [0.25, 0.3) is 0 Å². The highest BCUT2D eigenvalue weighted by atomic mass is 28.4. The van der Waals surface area contributed by atoms with Crippen molar-refractivity contribution in [2.24, 2.45) is 17.8 Å². The fourth-order valence-corrected chi connectivity index (χ4v) is 3.75. The lowest BCUT2D eigenvalue weighted by atomic mass is 9.71. The molecule has 0 amide bonds. The van der Waals surface area contributed by atoms with Gasteiger partial charge in [-0.3, -0.25) is 14.9 Å². The molecule has 122 valence electrons. The summed E-state index contributed by atoms with van der Waals surface area (Å²) >= 11 is 0. The molecular formula is C15H29NO4Si. The van der Waals surface area contributed by atoms with Crippen LogP contribution in [-0.2, 0) is 9.22 Å². The van der Waals surface area contributed by atoms with E-state index in [4.69, 9.17) is 4.43 Å². The molecule has 1 rings (SSSR count). The molecule has 0 bridgehead atoms. The van der Waals surface area contributed by atoms with E-state index in [0.717, 1.165) is 0 Å². The van der Waals surface area contributed by atoms with Crippen LogP contribution in [0.5, 0.6) is 0 Å². The molecule has 0 aromatic rings. The Morgan fingerprint density at radius 2 is 1.86 bits per heavy atom. The molecule has 0 aromatic heterocycles. The highest BCUT2D eigenvalue weighted by Crippen LogP contribution is 2.39. The van der Waals surface area contributed by atoms with E-state index in [1.54, 1.807) is 6.92 Å². The van der Waals surface area contributed by atoms with E-state index >= 15 is 0 Å². The minimum Gasteiger partial charge on any atom is -0.416 e. The zero-order valence-corrected chi connectivity index (χ0v) is 15.3. The predicted octanol–water partition coefficient (Wildman–Crippen LogP) is 3.51. The van der Waals surface area contributed by atoms with E-state index in [0.29, 0.717) is 13.0 Å². The van der Waals surface area contributed by atoms with Gasteiger partial charge in [0.05, 0.1) is 5.92 Å². The fraction of sp³-hybridized carbons (Fsp3) is 0.933. The lowest BCUT2D eigenvalue weighted by molar-refractivity contribution is -0.545. The first kappa shape index (κ1) is 18.3. The number of rotatable bonds is 4. The Balaban J connectivity index is 2.91. The highest BCUT2D eigenvalue weighted by molar-refractivity contribution is 6.74. The van der Waals surface area contributed by atoms with Gasteiger partial charge in [-0.05, 0) is 18.1 Å². The second-order valence-corrected chi connectivity index (χ2v) is 12.8. The molecular weight excluding hydrogens is 286 g/mol. The fourth-order valence-electron chi connectivity index (χ4n) is 2.71. The van der Waals surface area contributed by atoms with Crippen LogP contribution in [0.4, 0.5) is 0 Å². The van der Waals surface area contributed by atoms with Crippen molar-refractivity contribution in [3.63, 3.8) is 0 Å². The number of hydrogen-bond acceptors (Lipinski definition) is 4. The maximum absolute atomic E-state index is 12.0. The zero-order chi connectivity index (χ0) is 16.6. The number of carbonyl (C=O) groups excluding carboxylic acids is 1. The molecule has 1 saturated carbocycles. The number of ketones is 1. The molecule has 0 aliphatic heterocycles. The monoisotopic (exact) mass is 315 g/mol. The number of Topliss-reactive ketones (excluding diaryl/α,β-unsaturated/α-hetero) is 1. The molecule has 1 aliphatic rings. The summed E-state index contributed by atoms with van der Waals surface area (Å²) in [4.78, 5) is 23.2. The van der Waals surface area contributed by atoms with Crippen molar-refractivity contribution >= 4 is 14.1 Å². The Labute approximate surface area is 128 Å². The van der Waals surface area contributed by atoms with Crippen molar-refractivity contribution in [2.45, 2.75) is 65.2 Å². The first-order valence-corrected chi connectivity index (χ1v) is 10.6. The molecule has 0 aromatic carbocycles. The summed E-state index contributed by atoms with van der Waals surface area (Å²) in [7, 11) is -1.96. The standard InChI is InChI=1S/C15H29NO4Si/c1-10-8-13(17)11(2)12(14(10)16(18)19)9-20-21(6,7)15(3,4)5/h10-12,14H,8-9H2,1-7H3/t10-,11+,12-,14+/m0/s1. The Hall–Kier alpha value is -0.753. The Morgan fingerprint density at radius 3 is 2.29 bits per heavy atom. The molecule has 0 N–H and O–H groups in total. The SMILES string of the molecule is C[C@H]1CC(=O)[C@H](C)[C@H](CO[Si](C)(C)C(C)(C)C)[C@@H]1[N+](=O)[O-]. The maximum Gasteiger partial charge on any atom is 0.221 e. The summed E-state index contributed by atoms with van der Waals surface area (Å²) in [6.45, 7) is 14.6. The second kappa shape index (κ2) is 6.16. The van der Waals surface area contributed by atoms with Crippen LogP contribution in [0.1, 0.15) is 41.0 Å². The number of nitro groups is 1. The van der Waals surface area contributed by atoms with E-state index in [9.17, 15) is 14.9 Å². The molecule has 1 fully saturated rings. The summed E-state index contributed by atoms with van der Waals surface area (Å²) in [5, 5.41) is 11.5. The van der Waals surface area contributed by atoms with Gasteiger partial charge < -0.3 is 4.43 Å². The van der Waals surface area contributed by atoms with Crippen LogP contribution >= 0.6 is 0 Å². The third-order valence-electron chi connectivity index (χ3n) is 5.38. The predicted molar refractivity (Wildman–Crippen MR) is 85.4 cm³/mol. The minimum atomic E-state index is -1.96. The van der Waals surface area contributed by atoms with Crippen molar-refractivity contribution in [3.8, 4) is 0 Å². The van der Waals surface area contributed by atoms with Crippen LogP contribution < -0.4 is 0 Å². The number of carbonyl (C=O) groups is 1. The van der Waals surface area contributed by atoms with Gasteiger partial charge in [-0.25, -0.2) is 0 Å². The average molecular weight is 315 g/mol. The van der Waals surface area contributed by atoms with Crippen molar-refractivity contribution in [3.05, 3.63) is 10.1 Å². The van der Waals surface area contributed by atoms with Crippen LogP contribution in [0.15, 0.2) is 0 Å². The third-order valence-corrected chi connectivity index (χ3v) is 9.88. The molecule has 0 heterocycles. The summed E-state index contributed by atoms with van der Waals surface area (Å²) in [6.07, 6.45) is 0.309. The lowest BCUT2D eigenvalue weighted by Crippen LogP contribution is -2.51. The normalized spacial score (nSPS) is 31.3. The molecule has 1 aliphatic carbocycles. The largest absolute Gasteiger partial charge is 0.416 e. The second-order valence-electron chi connectivity index (χ2n) is 7.95. The minimum absolute atomic E-state index is 0.0602. The van der Waals surface area contributed by atoms with Gasteiger partial charge in [-0.15, -0.1) is 0 Å². The van der Waals surface area contributed by atoms with Gasteiger partial charge >= 0.3 is 0 Å². The lowest BCUT2D eigenvalue weighted by Gasteiger charge is -2.40. The van der Waals surface area contributed by atoms with Gasteiger partial charge in [0.15, 0.2) is 8.32 Å². The molecule has 0 saturated heterocycles.